The molecule has 4 nitrogen and oxygen atoms in total. The molecule has 2 heterocycles. The minimum absolute atomic E-state index is 0.334. The number of benzene rings is 1. The van der Waals surface area contributed by atoms with Crippen LogP contribution in [0.4, 0.5) is 5.95 Å². The highest BCUT2D eigenvalue weighted by atomic mass is 15.0. The molecule has 0 aliphatic heterocycles. The van der Waals surface area contributed by atoms with E-state index in [1.807, 2.05) is 6.20 Å². The third-order valence-electron chi connectivity index (χ3n) is 4.87. The van der Waals surface area contributed by atoms with Crippen LogP contribution in [0.2, 0.25) is 0 Å². The molecule has 3 aromatic rings. The van der Waals surface area contributed by atoms with Crippen LogP contribution in [0, 0.1) is 17.8 Å². The lowest BCUT2D eigenvalue weighted by Gasteiger charge is -2.06. The summed E-state index contributed by atoms with van der Waals surface area (Å²) in [7, 11) is 0. The summed E-state index contributed by atoms with van der Waals surface area (Å²) < 4.78 is 0. The molecule has 0 amide bonds. The molecular formula is C20H18N4. The Bertz CT molecular complexity index is 1020. The van der Waals surface area contributed by atoms with Gasteiger partial charge in [-0.3, -0.25) is 0 Å². The molecule has 0 spiro atoms. The Morgan fingerprint density at radius 2 is 2.12 bits per heavy atom. The fraction of sp³-hybridized carbons (Fsp3) is 0.300. The van der Waals surface area contributed by atoms with Gasteiger partial charge in [0, 0.05) is 39.8 Å². The number of nitrogen functional groups attached to an aromatic ring is 1. The van der Waals surface area contributed by atoms with E-state index in [0.29, 0.717) is 11.9 Å². The van der Waals surface area contributed by atoms with Crippen molar-refractivity contribution in [2.45, 2.75) is 32.1 Å². The molecule has 0 saturated heterocycles. The van der Waals surface area contributed by atoms with Gasteiger partial charge in [-0.25, -0.2) is 9.97 Å². The summed E-state index contributed by atoms with van der Waals surface area (Å²) in [5, 5.41) is 1.19. The molecule has 2 aliphatic rings. The lowest BCUT2D eigenvalue weighted by atomic mass is 10.0. The van der Waals surface area contributed by atoms with Crippen LogP contribution in [0.5, 0.6) is 0 Å². The number of rotatable bonds is 0. The van der Waals surface area contributed by atoms with E-state index in [1.165, 1.54) is 35.0 Å². The Morgan fingerprint density at radius 3 is 3.00 bits per heavy atom. The van der Waals surface area contributed by atoms with Crippen LogP contribution in [-0.4, -0.2) is 15.0 Å². The Morgan fingerprint density at radius 1 is 1.21 bits per heavy atom. The van der Waals surface area contributed by atoms with Crippen LogP contribution in [0.25, 0.3) is 22.2 Å². The quantitative estimate of drug-likeness (QED) is 0.624. The maximum Gasteiger partial charge on any atom is 0.220 e. The summed E-state index contributed by atoms with van der Waals surface area (Å²) in [6.07, 6.45) is 7.47. The van der Waals surface area contributed by atoms with Crippen LogP contribution in [0.1, 0.15) is 36.1 Å². The minimum Gasteiger partial charge on any atom is -0.368 e. The maximum absolute atomic E-state index is 5.87. The number of fused-ring (bicyclic) bond motifs is 5. The fourth-order valence-electron chi connectivity index (χ4n) is 3.47. The molecule has 0 radical (unpaired) electrons. The molecule has 24 heavy (non-hydrogen) atoms. The molecule has 3 N–H and O–H groups in total. The molecular weight excluding hydrogens is 296 g/mol. The van der Waals surface area contributed by atoms with Gasteiger partial charge >= 0.3 is 0 Å². The molecule has 4 heteroatoms. The van der Waals surface area contributed by atoms with E-state index in [-0.39, 0.29) is 0 Å². The molecule has 118 valence electrons. The van der Waals surface area contributed by atoms with E-state index in [2.05, 4.69) is 45.0 Å². The summed E-state index contributed by atoms with van der Waals surface area (Å²) in [5.74, 6) is 7.61. The molecule has 0 bridgehead atoms. The lowest BCUT2D eigenvalue weighted by Crippen LogP contribution is -1.99. The van der Waals surface area contributed by atoms with Crippen molar-refractivity contribution in [3.8, 4) is 23.1 Å². The van der Waals surface area contributed by atoms with Crippen LogP contribution in [0.15, 0.2) is 24.4 Å². The van der Waals surface area contributed by atoms with Gasteiger partial charge in [-0.1, -0.05) is 11.8 Å². The number of aryl methyl sites for hydroxylation is 2. The van der Waals surface area contributed by atoms with Crippen molar-refractivity contribution in [1.82, 2.24) is 15.0 Å². The van der Waals surface area contributed by atoms with Crippen molar-refractivity contribution >= 4 is 16.9 Å². The summed E-state index contributed by atoms with van der Waals surface area (Å²) in [5.41, 5.74) is 12.7. The molecule has 1 fully saturated rings. The number of anilines is 1. The summed E-state index contributed by atoms with van der Waals surface area (Å²) in [4.78, 5) is 12.3. The zero-order chi connectivity index (χ0) is 16.1. The van der Waals surface area contributed by atoms with Crippen LogP contribution in [-0.2, 0) is 12.8 Å². The van der Waals surface area contributed by atoms with E-state index in [1.54, 1.807) is 0 Å². The van der Waals surface area contributed by atoms with Gasteiger partial charge in [0.15, 0.2) is 0 Å². The highest BCUT2D eigenvalue weighted by Gasteiger charge is 2.21. The van der Waals surface area contributed by atoms with E-state index in [0.717, 1.165) is 36.0 Å². The second-order valence-electron chi connectivity index (χ2n) is 6.74. The van der Waals surface area contributed by atoms with Gasteiger partial charge in [0.2, 0.25) is 5.95 Å². The first-order chi connectivity index (χ1) is 11.8. The Kier molecular flexibility index (Phi) is 2.90. The zero-order valence-corrected chi connectivity index (χ0v) is 13.4. The lowest BCUT2D eigenvalue weighted by molar-refractivity contribution is 0.815. The third-order valence-corrected chi connectivity index (χ3v) is 4.87. The zero-order valence-electron chi connectivity index (χ0n) is 13.4. The molecule has 0 atom stereocenters. The molecule has 5 rings (SSSR count). The van der Waals surface area contributed by atoms with Gasteiger partial charge in [0.05, 0.1) is 5.69 Å². The first-order valence-corrected chi connectivity index (χ1v) is 8.56. The van der Waals surface area contributed by atoms with Crippen LogP contribution < -0.4 is 5.73 Å². The largest absolute Gasteiger partial charge is 0.368 e. The average Bonchev–Trinajstić information content (AvgIpc) is 3.36. The van der Waals surface area contributed by atoms with Crippen molar-refractivity contribution in [2.24, 2.45) is 5.92 Å². The Hall–Kier alpha value is -2.80. The van der Waals surface area contributed by atoms with Gasteiger partial charge in [0.1, 0.15) is 0 Å². The molecule has 0 unspecified atom stereocenters. The number of nitrogens with one attached hydrogen (secondary N) is 1. The van der Waals surface area contributed by atoms with Crippen LogP contribution in [0.3, 0.4) is 0 Å². The SMILES string of the molecule is Nc1ncc2c(n1)-c1c([nH]c3ccc(C#CC4CC4)cc13)CCC2. The first kappa shape index (κ1) is 13.6. The van der Waals surface area contributed by atoms with Crippen molar-refractivity contribution in [2.75, 3.05) is 5.73 Å². The number of hydrogen-bond donors (Lipinski definition) is 2. The fourth-order valence-corrected chi connectivity index (χ4v) is 3.47. The summed E-state index contributed by atoms with van der Waals surface area (Å²) in [6, 6.07) is 6.42. The van der Waals surface area contributed by atoms with Crippen molar-refractivity contribution in [1.29, 1.82) is 0 Å². The number of H-pyrrole nitrogens is 1. The van der Waals surface area contributed by atoms with Crippen molar-refractivity contribution < 1.29 is 0 Å². The summed E-state index contributed by atoms with van der Waals surface area (Å²) >= 11 is 0. The molecule has 1 saturated carbocycles. The number of aromatic nitrogens is 3. The predicted octanol–water partition coefficient (Wildman–Crippen LogP) is 3.46. The predicted molar refractivity (Wildman–Crippen MR) is 95.4 cm³/mol. The molecule has 1 aromatic carbocycles. The van der Waals surface area contributed by atoms with Crippen molar-refractivity contribution in [3.63, 3.8) is 0 Å². The topological polar surface area (TPSA) is 67.6 Å². The molecule has 2 aliphatic carbocycles. The second-order valence-corrected chi connectivity index (χ2v) is 6.74. The normalized spacial score (nSPS) is 16.0. The third kappa shape index (κ3) is 2.25. The Labute approximate surface area is 140 Å². The van der Waals surface area contributed by atoms with E-state index >= 15 is 0 Å². The van der Waals surface area contributed by atoms with Crippen molar-refractivity contribution in [3.05, 3.63) is 41.2 Å². The highest BCUT2D eigenvalue weighted by Crippen LogP contribution is 2.37. The minimum atomic E-state index is 0.334. The number of aromatic amines is 1. The van der Waals surface area contributed by atoms with Gasteiger partial charge in [-0.15, -0.1) is 0 Å². The smallest absolute Gasteiger partial charge is 0.220 e. The van der Waals surface area contributed by atoms with E-state index in [9.17, 15) is 0 Å². The average molecular weight is 314 g/mol. The van der Waals surface area contributed by atoms with Gasteiger partial charge < -0.3 is 10.7 Å². The van der Waals surface area contributed by atoms with Gasteiger partial charge in [-0.05, 0) is 55.9 Å². The highest BCUT2D eigenvalue weighted by molar-refractivity contribution is 5.98. The summed E-state index contributed by atoms with van der Waals surface area (Å²) in [6.45, 7) is 0. The Balaban J connectivity index is 1.74. The maximum atomic E-state index is 5.87. The van der Waals surface area contributed by atoms with E-state index in [4.69, 9.17) is 5.73 Å². The number of nitrogens with two attached hydrogens (primary N) is 1. The second kappa shape index (κ2) is 5.10. The van der Waals surface area contributed by atoms with Gasteiger partial charge in [0.25, 0.3) is 0 Å². The number of hydrogen-bond acceptors (Lipinski definition) is 3. The number of nitrogens with zero attached hydrogens (tertiary/aromatic N) is 2. The molecule has 2 aromatic heterocycles. The van der Waals surface area contributed by atoms with Crippen LogP contribution >= 0.6 is 0 Å². The van der Waals surface area contributed by atoms with E-state index < -0.39 is 0 Å². The first-order valence-electron chi connectivity index (χ1n) is 8.56. The monoisotopic (exact) mass is 314 g/mol. The standard InChI is InChI=1S/C20H18N4/c21-20-22-11-14-2-1-3-17-18(19(14)24-20)15-10-13(7-6-12-4-5-12)8-9-16(15)23-17/h8-12,23H,1-5H2,(H2,21,22,24). The van der Waals surface area contributed by atoms with Gasteiger partial charge in [-0.2, -0.15) is 0 Å².